The van der Waals surface area contributed by atoms with Gasteiger partial charge in [0, 0.05) is 30.2 Å². The number of halogens is 1. The second-order valence-corrected chi connectivity index (χ2v) is 8.57. The predicted molar refractivity (Wildman–Crippen MR) is 121 cm³/mol. The first kappa shape index (κ1) is 20.6. The van der Waals surface area contributed by atoms with Crippen LogP contribution in [0.4, 0.5) is 20.8 Å². The SMILES string of the molecule is Nc1sc(-c2c(F)cccc2S)nc1C(=O)Nc1cnccc1N1CCC[C@H](N)C1. The molecule has 1 amide bonds. The minimum absolute atomic E-state index is 0.0381. The number of pyridine rings is 1. The summed E-state index contributed by atoms with van der Waals surface area (Å²) < 4.78 is 14.3. The van der Waals surface area contributed by atoms with Crippen LogP contribution in [-0.4, -0.2) is 35.0 Å². The molecule has 3 aromatic rings. The van der Waals surface area contributed by atoms with E-state index in [1.54, 1.807) is 24.5 Å². The number of amides is 1. The molecule has 1 aliphatic rings. The highest BCUT2D eigenvalue weighted by molar-refractivity contribution is 7.80. The molecule has 4 rings (SSSR count). The van der Waals surface area contributed by atoms with Gasteiger partial charge in [0.05, 0.1) is 23.1 Å². The van der Waals surface area contributed by atoms with Crippen molar-refractivity contribution in [2.45, 2.75) is 23.8 Å². The van der Waals surface area contributed by atoms with Crippen LogP contribution in [0.5, 0.6) is 0 Å². The summed E-state index contributed by atoms with van der Waals surface area (Å²) in [5.74, 6) is -0.957. The van der Waals surface area contributed by atoms with E-state index in [-0.39, 0.29) is 22.3 Å². The second kappa shape index (κ2) is 8.58. The van der Waals surface area contributed by atoms with Gasteiger partial charge in [-0.25, -0.2) is 9.37 Å². The van der Waals surface area contributed by atoms with Crippen LogP contribution in [0.2, 0.25) is 0 Å². The molecular weight excluding hydrogens is 423 g/mol. The van der Waals surface area contributed by atoms with E-state index in [2.05, 4.69) is 32.8 Å². The van der Waals surface area contributed by atoms with E-state index < -0.39 is 11.7 Å². The lowest BCUT2D eigenvalue weighted by atomic mass is 10.1. The first-order valence-corrected chi connectivity index (χ1v) is 10.7. The fourth-order valence-corrected chi connectivity index (χ4v) is 4.76. The zero-order valence-corrected chi connectivity index (χ0v) is 17.7. The molecule has 0 aliphatic carbocycles. The largest absolute Gasteiger partial charge is 0.389 e. The number of carbonyl (C=O) groups is 1. The van der Waals surface area contributed by atoms with Crippen LogP contribution < -0.4 is 21.7 Å². The molecule has 10 heteroatoms. The van der Waals surface area contributed by atoms with Crippen LogP contribution in [-0.2, 0) is 0 Å². The summed E-state index contributed by atoms with van der Waals surface area (Å²) in [4.78, 5) is 23.9. The molecule has 0 spiro atoms. The highest BCUT2D eigenvalue weighted by atomic mass is 32.1. The summed E-state index contributed by atoms with van der Waals surface area (Å²) in [6.07, 6.45) is 5.21. The molecule has 1 fully saturated rings. The summed E-state index contributed by atoms with van der Waals surface area (Å²) in [6, 6.07) is 6.46. The smallest absolute Gasteiger partial charge is 0.277 e. The Kier molecular flexibility index (Phi) is 5.89. The summed E-state index contributed by atoms with van der Waals surface area (Å²) in [7, 11) is 0. The molecule has 2 aromatic heterocycles. The molecule has 7 nitrogen and oxygen atoms in total. The molecule has 30 heavy (non-hydrogen) atoms. The number of nitrogen functional groups attached to an aromatic ring is 1. The molecule has 3 heterocycles. The molecule has 0 radical (unpaired) electrons. The van der Waals surface area contributed by atoms with Crippen molar-refractivity contribution in [1.29, 1.82) is 0 Å². The Hall–Kier alpha value is -2.69. The van der Waals surface area contributed by atoms with Gasteiger partial charge in [-0.1, -0.05) is 17.4 Å². The number of carbonyl (C=O) groups excluding carboxylic acids is 1. The Labute approximate surface area is 182 Å². The van der Waals surface area contributed by atoms with Crippen molar-refractivity contribution in [2.75, 3.05) is 29.0 Å². The number of thiazole rings is 1. The van der Waals surface area contributed by atoms with Crippen LogP contribution in [0.3, 0.4) is 0 Å². The third kappa shape index (κ3) is 4.11. The quantitative estimate of drug-likeness (QED) is 0.459. The fourth-order valence-electron chi connectivity index (χ4n) is 3.50. The molecule has 156 valence electrons. The number of thiol groups is 1. The minimum atomic E-state index is -0.484. The number of hydrogen-bond donors (Lipinski definition) is 4. The first-order valence-electron chi connectivity index (χ1n) is 9.44. The van der Waals surface area contributed by atoms with Crippen LogP contribution >= 0.6 is 24.0 Å². The zero-order chi connectivity index (χ0) is 21.3. The Bertz CT molecular complexity index is 1070. The number of nitrogens with zero attached hydrogens (tertiary/aromatic N) is 3. The molecule has 0 bridgehead atoms. The van der Waals surface area contributed by atoms with Crippen molar-refractivity contribution in [2.24, 2.45) is 5.73 Å². The van der Waals surface area contributed by atoms with E-state index in [0.29, 0.717) is 22.1 Å². The van der Waals surface area contributed by atoms with Crippen LogP contribution in [0.25, 0.3) is 10.6 Å². The van der Waals surface area contributed by atoms with Gasteiger partial charge >= 0.3 is 0 Å². The van der Waals surface area contributed by atoms with Crippen LogP contribution in [0, 0.1) is 5.82 Å². The minimum Gasteiger partial charge on any atom is -0.389 e. The molecule has 0 unspecified atom stereocenters. The standard InChI is InChI=1S/C20H21FN6OS2/c21-12-4-1-5-15(29)16(12)20-26-17(18(23)30-20)19(28)25-13-9-24-7-6-14(13)27-8-2-3-11(22)10-27/h1,4-7,9,11,29H,2-3,8,10,22-23H2,(H,25,28)/t11-/m0/s1. The third-order valence-corrected chi connectivity index (χ3v) is 6.19. The van der Waals surface area contributed by atoms with Crippen LogP contribution in [0.1, 0.15) is 23.3 Å². The van der Waals surface area contributed by atoms with Crippen molar-refractivity contribution in [3.8, 4) is 10.6 Å². The number of aromatic nitrogens is 2. The fraction of sp³-hybridized carbons (Fsp3) is 0.250. The number of anilines is 3. The van der Waals surface area contributed by atoms with E-state index in [4.69, 9.17) is 11.5 Å². The van der Waals surface area contributed by atoms with Gasteiger partial charge in [0.2, 0.25) is 0 Å². The predicted octanol–water partition coefficient (Wildman–Crippen LogP) is 3.39. The monoisotopic (exact) mass is 444 g/mol. The molecule has 1 saturated heterocycles. The number of nitrogens with one attached hydrogen (secondary N) is 1. The van der Waals surface area contributed by atoms with Gasteiger partial charge in [0.15, 0.2) is 5.69 Å². The number of benzene rings is 1. The second-order valence-electron chi connectivity index (χ2n) is 7.06. The topological polar surface area (TPSA) is 110 Å². The molecular formula is C20H21FN6OS2. The average Bonchev–Trinajstić information content (AvgIpc) is 3.09. The maximum absolute atomic E-state index is 14.3. The third-order valence-electron chi connectivity index (χ3n) is 4.92. The van der Waals surface area contributed by atoms with Gasteiger partial charge in [-0.15, -0.1) is 12.6 Å². The van der Waals surface area contributed by atoms with E-state index in [1.165, 1.54) is 6.07 Å². The summed E-state index contributed by atoms with van der Waals surface area (Å²) in [6.45, 7) is 1.55. The van der Waals surface area contributed by atoms with Crippen LogP contribution in [0.15, 0.2) is 41.6 Å². The maximum atomic E-state index is 14.3. The normalized spacial score (nSPS) is 16.5. The molecule has 5 N–H and O–H groups in total. The summed E-state index contributed by atoms with van der Waals surface area (Å²) >= 11 is 5.34. The number of rotatable bonds is 4. The maximum Gasteiger partial charge on any atom is 0.277 e. The van der Waals surface area contributed by atoms with E-state index in [1.807, 2.05) is 6.07 Å². The lowest BCUT2D eigenvalue weighted by Gasteiger charge is -2.33. The Morgan fingerprint density at radius 3 is 2.97 bits per heavy atom. The van der Waals surface area contributed by atoms with Gasteiger partial charge < -0.3 is 21.7 Å². The molecule has 0 saturated carbocycles. The molecule has 1 aromatic carbocycles. The lowest BCUT2D eigenvalue weighted by molar-refractivity contribution is 0.102. The zero-order valence-electron chi connectivity index (χ0n) is 16.0. The van der Waals surface area contributed by atoms with Gasteiger partial charge in [-0.2, -0.15) is 0 Å². The summed E-state index contributed by atoms with van der Waals surface area (Å²) in [5.41, 5.74) is 13.8. The van der Waals surface area contributed by atoms with Gasteiger partial charge in [0.1, 0.15) is 15.8 Å². The van der Waals surface area contributed by atoms with Gasteiger partial charge in [-0.05, 0) is 31.0 Å². The number of nitrogens with two attached hydrogens (primary N) is 2. The van der Waals surface area contributed by atoms with Crippen molar-refractivity contribution in [1.82, 2.24) is 9.97 Å². The van der Waals surface area contributed by atoms with Crippen molar-refractivity contribution in [3.05, 3.63) is 48.2 Å². The van der Waals surface area contributed by atoms with Crippen molar-refractivity contribution in [3.63, 3.8) is 0 Å². The first-order chi connectivity index (χ1) is 14.4. The lowest BCUT2D eigenvalue weighted by Crippen LogP contribution is -2.43. The highest BCUT2D eigenvalue weighted by Crippen LogP contribution is 2.36. The van der Waals surface area contributed by atoms with Crippen molar-refractivity contribution < 1.29 is 9.18 Å². The van der Waals surface area contributed by atoms with E-state index in [9.17, 15) is 9.18 Å². The van der Waals surface area contributed by atoms with E-state index in [0.717, 1.165) is 36.4 Å². The number of piperidine rings is 1. The molecule has 1 aliphatic heterocycles. The van der Waals surface area contributed by atoms with E-state index >= 15 is 0 Å². The Balaban J connectivity index is 1.61. The van der Waals surface area contributed by atoms with Gasteiger partial charge in [-0.3, -0.25) is 9.78 Å². The highest BCUT2D eigenvalue weighted by Gasteiger charge is 2.23. The van der Waals surface area contributed by atoms with Crippen molar-refractivity contribution >= 4 is 46.2 Å². The molecule has 1 atom stereocenters. The van der Waals surface area contributed by atoms with Gasteiger partial charge in [0.25, 0.3) is 5.91 Å². The Morgan fingerprint density at radius 2 is 2.20 bits per heavy atom. The Morgan fingerprint density at radius 1 is 1.37 bits per heavy atom. The number of hydrogen-bond acceptors (Lipinski definition) is 8. The average molecular weight is 445 g/mol. The summed E-state index contributed by atoms with van der Waals surface area (Å²) in [5, 5.41) is 3.34.